The van der Waals surface area contributed by atoms with Gasteiger partial charge in [-0.3, -0.25) is 0 Å². The first-order chi connectivity index (χ1) is 11.8. The molecule has 0 saturated carbocycles. The molecular weight excluding hydrogens is 332 g/mol. The van der Waals surface area contributed by atoms with E-state index in [1.807, 2.05) is 0 Å². The molecule has 142 valence electrons. The molecule has 2 unspecified atom stereocenters. The van der Waals surface area contributed by atoms with Crippen LogP contribution in [0.1, 0.15) is 38.5 Å². The number of aliphatic hydroxyl groups excluding tert-OH is 2. The SMILES string of the molecule is C=C(C(=O)O)C(O)CCCCCO.C=CC(=O)OC(=O)C1CCCO1. The van der Waals surface area contributed by atoms with Gasteiger partial charge in [0.2, 0.25) is 0 Å². The van der Waals surface area contributed by atoms with E-state index < -0.39 is 30.1 Å². The minimum absolute atomic E-state index is 0.135. The van der Waals surface area contributed by atoms with Crippen molar-refractivity contribution in [3.8, 4) is 0 Å². The van der Waals surface area contributed by atoms with Crippen molar-refractivity contribution >= 4 is 17.9 Å². The van der Waals surface area contributed by atoms with Gasteiger partial charge in [-0.2, -0.15) is 0 Å². The highest BCUT2D eigenvalue weighted by atomic mass is 16.6. The molecule has 1 rings (SSSR count). The van der Waals surface area contributed by atoms with Crippen LogP contribution in [0.15, 0.2) is 24.8 Å². The summed E-state index contributed by atoms with van der Waals surface area (Å²) in [6, 6.07) is 0. The number of carboxylic acid groups (broad SMARTS) is 1. The maximum Gasteiger partial charge on any atom is 0.343 e. The highest BCUT2D eigenvalue weighted by Crippen LogP contribution is 2.13. The lowest BCUT2D eigenvalue weighted by atomic mass is 10.0. The lowest BCUT2D eigenvalue weighted by Gasteiger charge is -2.09. The van der Waals surface area contributed by atoms with E-state index in [-0.39, 0.29) is 12.2 Å². The van der Waals surface area contributed by atoms with Crippen molar-refractivity contribution in [2.75, 3.05) is 13.2 Å². The van der Waals surface area contributed by atoms with Crippen LogP contribution in [0.3, 0.4) is 0 Å². The van der Waals surface area contributed by atoms with Crippen molar-refractivity contribution in [2.45, 2.75) is 50.7 Å². The Morgan fingerprint density at radius 1 is 1.28 bits per heavy atom. The first-order valence-corrected chi connectivity index (χ1v) is 8.04. The normalized spacial score (nSPS) is 17.0. The molecule has 0 amide bonds. The molecule has 0 aromatic carbocycles. The summed E-state index contributed by atoms with van der Waals surface area (Å²) in [5.41, 5.74) is -0.163. The molecule has 0 spiro atoms. The van der Waals surface area contributed by atoms with Crippen LogP contribution in [0, 0.1) is 0 Å². The molecule has 1 aliphatic rings. The molecular formula is C17H26O8. The van der Waals surface area contributed by atoms with Gasteiger partial charge >= 0.3 is 17.9 Å². The Morgan fingerprint density at radius 2 is 1.96 bits per heavy atom. The van der Waals surface area contributed by atoms with Gasteiger partial charge in [0, 0.05) is 19.3 Å². The Balaban J connectivity index is 0.000000462. The highest BCUT2D eigenvalue weighted by Gasteiger charge is 2.26. The summed E-state index contributed by atoms with van der Waals surface area (Å²) in [6.45, 7) is 7.12. The Morgan fingerprint density at radius 3 is 2.44 bits per heavy atom. The van der Waals surface area contributed by atoms with Crippen molar-refractivity contribution in [2.24, 2.45) is 0 Å². The Kier molecular flexibility index (Phi) is 12.2. The van der Waals surface area contributed by atoms with E-state index in [2.05, 4.69) is 17.9 Å². The van der Waals surface area contributed by atoms with Crippen molar-refractivity contribution in [3.05, 3.63) is 24.8 Å². The van der Waals surface area contributed by atoms with Crippen molar-refractivity contribution in [3.63, 3.8) is 0 Å². The number of carboxylic acids is 1. The monoisotopic (exact) mass is 358 g/mol. The van der Waals surface area contributed by atoms with Crippen LogP contribution in [0.5, 0.6) is 0 Å². The number of ether oxygens (including phenoxy) is 2. The molecule has 0 aliphatic carbocycles. The summed E-state index contributed by atoms with van der Waals surface area (Å²) in [6.07, 6.45) is 3.47. The third-order valence-corrected chi connectivity index (χ3v) is 3.37. The molecule has 0 aromatic heterocycles. The summed E-state index contributed by atoms with van der Waals surface area (Å²) in [7, 11) is 0. The molecule has 0 aromatic rings. The first-order valence-electron chi connectivity index (χ1n) is 8.04. The molecule has 0 radical (unpaired) electrons. The lowest BCUT2D eigenvalue weighted by Crippen LogP contribution is -2.24. The van der Waals surface area contributed by atoms with Crippen LogP contribution in [-0.2, 0) is 23.9 Å². The minimum Gasteiger partial charge on any atom is -0.478 e. The second-order valence-corrected chi connectivity index (χ2v) is 5.37. The first kappa shape index (κ1) is 23.0. The molecule has 1 heterocycles. The van der Waals surface area contributed by atoms with Crippen molar-refractivity contribution < 1.29 is 39.2 Å². The van der Waals surface area contributed by atoms with Crippen LogP contribution in [0.25, 0.3) is 0 Å². The standard InChI is InChI=1S/C9H16O4.C8H10O4/c1-7(9(12)13)8(11)5-3-2-4-6-10;1-2-7(9)12-8(10)6-4-3-5-11-6/h8,10-11H,1-6H2,(H,12,13);2,6H,1,3-5H2. The molecule has 1 fully saturated rings. The van der Waals surface area contributed by atoms with Gasteiger partial charge in [0.15, 0.2) is 6.10 Å². The van der Waals surface area contributed by atoms with Crippen molar-refractivity contribution in [1.82, 2.24) is 0 Å². The third kappa shape index (κ3) is 10.4. The zero-order valence-corrected chi connectivity index (χ0v) is 14.2. The number of hydrogen-bond donors (Lipinski definition) is 3. The van der Waals surface area contributed by atoms with Crippen molar-refractivity contribution in [1.29, 1.82) is 0 Å². The van der Waals surface area contributed by atoms with E-state index in [1.54, 1.807) is 0 Å². The smallest absolute Gasteiger partial charge is 0.343 e. The van der Waals surface area contributed by atoms with Gasteiger partial charge in [0.1, 0.15) is 0 Å². The predicted molar refractivity (Wildman–Crippen MR) is 88.6 cm³/mol. The zero-order chi connectivity index (χ0) is 19.2. The van der Waals surface area contributed by atoms with Gasteiger partial charge < -0.3 is 24.8 Å². The van der Waals surface area contributed by atoms with Crippen LogP contribution >= 0.6 is 0 Å². The Hall–Kier alpha value is -2.03. The number of hydrogen-bond acceptors (Lipinski definition) is 7. The molecule has 1 saturated heterocycles. The largest absolute Gasteiger partial charge is 0.478 e. The van der Waals surface area contributed by atoms with E-state index in [0.29, 0.717) is 32.3 Å². The second kappa shape index (κ2) is 13.3. The average Bonchev–Trinajstić information content (AvgIpc) is 3.12. The number of aliphatic carboxylic acids is 1. The van der Waals surface area contributed by atoms with E-state index >= 15 is 0 Å². The van der Waals surface area contributed by atoms with Gasteiger partial charge in [-0.25, -0.2) is 14.4 Å². The molecule has 0 bridgehead atoms. The quantitative estimate of drug-likeness (QED) is 0.240. The molecule has 3 N–H and O–H groups in total. The van der Waals surface area contributed by atoms with E-state index in [0.717, 1.165) is 18.9 Å². The Bertz CT molecular complexity index is 465. The number of rotatable bonds is 9. The fraction of sp³-hybridized carbons (Fsp3) is 0.588. The van der Waals surface area contributed by atoms with E-state index in [1.165, 1.54) is 0 Å². The number of aliphatic hydroxyl groups is 2. The number of carbonyl (C=O) groups excluding carboxylic acids is 2. The van der Waals surface area contributed by atoms with Gasteiger partial charge in [0.25, 0.3) is 0 Å². The Labute approximate surface area is 146 Å². The van der Waals surface area contributed by atoms with Crippen LogP contribution < -0.4 is 0 Å². The summed E-state index contributed by atoms with van der Waals surface area (Å²) < 4.78 is 9.36. The van der Waals surface area contributed by atoms with E-state index in [4.69, 9.17) is 14.9 Å². The number of esters is 2. The fourth-order valence-corrected chi connectivity index (χ4v) is 1.91. The summed E-state index contributed by atoms with van der Waals surface area (Å²) in [5.74, 6) is -2.50. The second-order valence-electron chi connectivity index (χ2n) is 5.37. The zero-order valence-electron chi connectivity index (χ0n) is 14.2. The number of carbonyl (C=O) groups is 3. The maximum absolute atomic E-state index is 11.0. The maximum atomic E-state index is 11.0. The van der Waals surface area contributed by atoms with E-state index in [9.17, 15) is 19.5 Å². The summed E-state index contributed by atoms with van der Waals surface area (Å²) >= 11 is 0. The molecule has 25 heavy (non-hydrogen) atoms. The lowest BCUT2D eigenvalue weighted by molar-refractivity contribution is -0.163. The molecule has 8 heteroatoms. The molecule has 1 aliphatic heterocycles. The topological polar surface area (TPSA) is 130 Å². The number of unbranched alkanes of at least 4 members (excludes halogenated alkanes) is 2. The van der Waals surface area contributed by atoms with Gasteiger partial charge in [0.05, 0.1) is 11.7 Å². The minimum atomic E-state index is -1.16. The van der Waals surface area contributed by atoms with Gasteiger partial charge in [-0.15, -0.1) is 0 Å². The van der Waals surface area contributed by atoms with Crippen LogP contribution in [0.4, 0.5) is 0 Å². The summed E-state index contributed by atoms with van der Waals surface area (Å²) in [4.78, 5) is 31.9. The molecule has 2 atom stereocenters. The van der Waals surface area contributed by atoms with Gasteiger partial charge in [-0.05, 0) is 25.7 Å². The average molecular weight is 358 g/mol. The fourth-order valence-electron chi connectivity index (χ4n) is 1.91. The van der Waals surface area contributed by atoms with Crippen LogP contribution in [-0.4, -0.2) is 58.6 Å². The van der Waals surface area contributed by atoms with Gasteiger partial charge in [-0.1, -0.05) is 26.0 Å². The summed E-state index contributed by atoms with van der Waals surface area (Å²) in [5, 5.41) is 26.2. The van der Waals surface area contributed by atoms with Crippen LogP contribution in [0.2, 0.25) is 0 Å². The molecule has 8 nitrogen and oxygen atoms in total. The predicted octanol–water partition coefficient (Wildman–Crippen LogP) is 0.962. The highest BCUT2D eigenvalue weighted by molar-refractivity contribution is 5.93. The third-order valence-electron chi connectivity index (χ3n) is 3.37.